The third-order valence-electron chi connectivity index (χ3n) is 3.93. The number of hydrogen-bond acceptors (Lipinski definition) is 6. The highest BCUT2D eigenvalue weighted by atomic mass is 19.1. The molecule has 27 heavy (non-hydrogen) atoms. The molecule has 1 unspecified atom stereocenters. The molecule has 0 radical (unpaired) electrons. The van der Waals surface area contributed by atoms with Gasteiger partial charge in [-0.3, -0.25) is 24.9 Å². The maximum Gasteiger partial charge on any atom is 0.309 e. The van der Waals surface area contributed by atoms with E-state index in [1.54, 1.807) is 25.1 Å². The fourth-order valence-corrected chi connectivity index (χ4v) is 2.41. The topological polar surface area (TPSA) is 121 Å². The minimum absolute atomic E-state index is 0.0431. The van der Waals surface area contributed by atoms with Gasteiger partial charge in [-0.05, 0) is 19.9 Å². The molecular formula is C16H16FN7O3. The minimum atomic E-state index is -0.809. The van der Waals surface area contributed by atoms with Crippen LogP contribution in [0.3, 0.4) is 0 Å². The summed E-state index contributed by atoms with van der Waals surface area (Å²) in [6, 6.07) is 5.47. The Hall–Kier alpha value is -3.63. The van der Waals surface area contributed by atoms with Crippen molar-refractivity contribution in [2.24, 2.45) is 0 Å². The average molecular weight is 373 g/mol. The molecule has 3 rings (SSSR count). The number of nitrogens with one attached hydrogen (secondary N) is 1. The van der Waals surface area contributed by atoms with Gasteiger partial charge < -0.3 is 0 Å². The summed E-state index contributed by atoms with van der Waals surface area (Å²) in [5, 5.41) is 21.5. The van der Waals surface area contributed by atoms with Crippen LogP contribution in [-0.4, -0.2) is 35.4 Å². The van der Waals surface area contributed by atoms with E-state index in [4.69, 9.17) is 0 Å². The van der Waals surface area contributed by atoms with Crippen molar-refractivity contribution < 1.29 is 14.1 Å². The summed E-state index contributed by atoms with van der Waals surface area (Å²) in [6.07, 6.45) is 2.57. The first kappa shape index (κ1) is 18.2. The van der Waals surface area contributed by atoms with E-state index in [1.807, 2.05) is 0 Å². The second kappa shape index (κ2) is 7.32. The molecule has 1 N–H and O–H groups in total. The summed E-state index contributed by atoms with van der Waals surface area (Å²) in [6.45, 7) is 3.20. The molecule has 0 aliphatic rings. The fraction of sp³-hybridized carbons (Fsp3) is 0.250. The minimum Gasteiger partial charge on any atom is -0.291 e. The summed E-state index contributed by atoms with van der Waals surface area (Å²) < 4.78 is 16.3. The summed E-state index contributed by atoms with van der Waals surface area (Å²) >= 11 is 0. The van der Waals surface area contributed by atoms with Crippen LogP contribution in [0, 0.1) is 22.9 Å². The lowest BCUT2D eigenvalue weighted by atomic mass is 10.2. The number of aromatic nitrogens is 5. The largest absolute Gasteiger partial charge is 0.309 e. The monoisotopic (exact) mass is 373 g/mol. The highest BCUT2D eigenvalue weighted by Crippen LogP contribution is 2.19. The molecule has 0 spiro atoms. The summed E-state index contributed by atoms with van der Waals surface area (Å²) in [5.41, 5.74) is 0.488. The van der Waals surface area contributed by atoms with Crippen molar-refractivity contribution in [2.45, 2.75) is 26.4 Å². The number of benzene rings is 1. The lowest BCUT2D eigenvalue weighted by molar-refractivity contribution is -0.385. The number of nitrogens with zero attached hydrogens (tertiary/aromatic N) is 6. The first-order valence-corrected chi connectivity index (χ1v) is 7.99. The number of carbonyl (C=O) groups is 1. The molecule has 0 aliphatic heterocycles. The van der Waals surface area contributed by atoms with Gasteiger partial charge in [-0.15, -0.1) is 5.10 Å². The Morgan fingerprint density at radius 1 is 1.37 bits per heavy atom. The Bertz CT molecular complexity index is 998. The lowest BCUT2D eigenvalue weighted by Gasteiger charge is -2.10. The van der Waals surface area contributed by atoms with Crippen molar-refractivity contribution in [2.75, 3.05) is 5.32 Å². The number of aryl methyl sites for hydroxylation is 1. The first-order chi connectivity index (χ1) is 12.8. The van der Waals surface area contributed by atoms with Gasteiger partial charge in [0.15, 0.2) is 0 Å². The van der Waals surface area contributed by atoms with E-state index in [9.17, 15) is 19.3 Å². The average Bonchev–Trinajstić information content (AvgIpc) is 3.22. The Morgan fingerprint density at radius 2 is 2.11 bits per heavy atom. The summed E-state index contributed by atoms with van der Waals surface area (Å²) in [4.78, 5) is 26.6. The normalized spacial score (nSPS) is 12.0. The summed E-state index contributed by atoms with van der Waals surface area (Å²) in [5.74, 6) is -0.805. The van der Waals surface area contributed by atoms with Crippen LogP contribution in [-0.2, 0) is 11.3 Å². The van der Waals surface area contributed by atoms with Gasteiger partial charge in [0.2, 0.25) is 5.95 Å². The molecule has 0 fully saturated rings. The molecule has 0 bridgehead atoms. The zero-order valence-electron chi connectivity index (χ0n) is 14.5. The molecule has 11 heteroatoms. The van der Waals surface area contributed by atoms with E-state index >= 15 is 0 Å². The Morgan fingerprint density at radius 3 is 2.78 bits per heavy atom. The van der Waals surface area contributed by atoms with Crippen molar-refractivity contribution in [3.05, 3.63) is 64.0 Å². The maximum atomic E-state index is 13.7. The quantitative estimate of drug-likeness (QED) is 0.522. The van der Waals surface area contributed by atoms with Crippen LogP contribution in [0.1, 0.15) is 24.2 Å². The number of nitro groups is 1. The number of hydrogen-bond donors (Lipinski definition) is 1. The van der Waals surface area contributed by atoms with Gasteiger partial charge in [0.05, 0.1) is 11.5 Å². The van der Waals surface area contributed by atoms with Gasteiger partial charge in [0.1, 0.15) is 30.1 Å². The number of halogens is 1. The molecule has 2 heterocycles. The first-order valence-electron chi connectivity index (χ1n) is 7.99. The van der Waals surface area contributed by atoms with Crippen molar-refractivity contribution in [3.63, 3.8) is 0 Å². The highest BCUT2D eigenvalue weighted by Gasteiger charge is 2.23. The number of amides is 1. The smallest absolute Gasteiger partial charge is 0.291 e. The van der Waals surface area contributed by atoms with Crippen LogP contribution >= 0.6 is 0 Å². The van der Waals surface area contributed by atoms with Gasteiger partial charge >= 0.3 is 5.69 Å². The number of anilines is 1. The molecule has 1 atom stereocenters. The SMILES string of the molecule is Cc1nn(C(C)C(=O)Nc2ncn(Cc3ccccc3F)n2)cc1[N+](=O)[O-]. The van der Waals surface area contributed by atoms with Crippen molar-refractivity contribution in [3.8, 4) is 0 Å². The van der Waals surface area contributed by atoms with E-state index in [0.717, 1.165) is 0 Å². The summed E-state index contributed by atoms with van der Waals surface area (Å²) in [7, 11) is 0. The van der Waals surface area contributed by atoms with Gasteiger partial charge in [0.25, 0.3) is 5.91 Å². The van der Waals surface area contributed by atoms with Crippen LogP contribution in [0.5, 0.6) is 0 Å². The molecule has 1 amide bonds. The zero-order chi connectivity index (χ0) is 19.6. The second-order valence-electron chi connectivity index (χ2n) is 5.86. The van der Waals surface area contributed by atoms with Gasteiger partial charge in [-0.25, -0.2) is 14.1 Å². The Kier molecular flexibility index (Phi) is 4.92. The van der Waals surface area contributed by atoms with Crippen LogP contribution < -0.4 is 5.32 Å². The van der Waals surface area contributed by atoms with Crippen LogP contribution in [0.25, 0.3) is 0 Å². The van der Waals surface area contributed by atoms with E-state index in [2.05, 4.69) is 20.5 Å². The second-order valence-corrected chi connectivity index (χ2v) is 5.86. The number of rotatable bonds is 6. The number of carbonyl (C=O) groups excluding carboxylic acids is 1. The third-order valence-corrected chi connectivity index (χ3v) is 3.93. The molecule has 0 aliphatic carbocycles. The van der Waals surface area contributed by atoms with E-state index in [1.165, 1.54) is 34.9 Å². The molecule has 3 aromatic rings. The molecular weight excluding hydrogens is 357 g/mol. The van der Waals surface area contributed by atoms with E-state index < -0.39 is 16.9 Å². The van der Waals surface area contributed by atoms with Gasteiger partial charge in [0, 0.05) is 5.56 Å². The van der Waals surface area contributed by atoms with Crippen LogP contribution in [0.2, 0.25) is 0 Å². The van der Waals surface area contributed by atoms with Crippen molar-refractivity contribution >= 4 is 17.5 Å². The molecule has 10 nitrogen and oxygen atoms in total. The van der Waals surface area contributed by atoms with Gasteiger partial charge in [-0.1, -0.05) is 18.2 Å². The molecule has 140 valence electrons. The standard InChI is InChI=1S/C16H16FN7O3/c1-10-14(24(26)27)8-23(20-10)11(2)15(25)19-16-18-9-22(21-16)7-12-5-3-4-6-13(12)17/h3-6,8-9,11H,7H2,1-2H3,(H,19,21,25). The molecule has 0 saturated heterocycles. The van der Waals surface area contributed by atoms with Crippen molar-refractivity contribution in [1.29, 1.82) is 0 Å². The Balaban J connectivity index is 1.68. The van der Waals surface area contributed by atoms with Gasteiger partial charge in [-0.2, -0.15) is 5.10 Å². The van der Waals surface area contributed by atoms with Crippen molar-refractivity contribution in [1.82, 2.24) is 24.5 Å². The highest BCUT2D eigenvalue weighted by molar-refractivity contribution is 5.91. The van der Waals surface area contributed by atoms with Crippen LogP contribution in [0.4, 0.5) is 16.0 Å². The molecule has 0 saturated carbocycles. The fourth-order valence-electron chi connectivity index (χ4n) is 2.41. The lowest BCUT2D eigenvalue weighted by Crippen LogP contribution is -2.24. The Labute approximate surface area is 152 Å². The van der Waals surface area contributed by atoms with Crippen LogP contribution in [0.15, 0.2) is 36.8 Å². The van der Waals surface area contributed by atoms with E-state index in [0.29, 0.717) is 5.56 Å². The predicted molar refractivity (Wildman–Crippen MR) is 92.5 cm³/mol. The van der Waals surface area contributed by atoms with E-state index in [-0.39, 0.29) is 29.7 Å². The molecule has 2 aromatic heterocycles. The predicted octanol–water partition coefficient (Wildman–Crippen LogP) is 2.08. The molecule has 1 aromatic carbocycles. The maximum absolute atomic E-state index is 13.7. The third kappa shape index (κ3) is 3.97. The zero-order valence-corrected chi connectivity index (χ0v) is 14.5.